The third-order valence-electron chi connectivity index (χ3n) is 1.96. The molecule has 0 amide bonds. The monoisotopic (exact) mass is 191 g/mol. The van der Waals surface area contributed by atoms with Gasteiger partial charge in [-0.15, -0.1) is 0 Å². The lowest BCUT2D eigenvalue weighted by Crippen LogP contribution is -2.40. The lowest BCUT2D eigenvalue weighted by molar-refractivity contribution is -0.138. The largest absolute Gasteiger partial charge is 0.481 e. The van der Waals surface area contributed by atoms with E-state index in [0.29, 0.717) is 26.3 Å². The van der Waals surface area contributed by atoms with E-state index in [9.17, 15) is 9.18 Å². The molecule has 0 spiro atoms. The molecule has 1 N–H and O–H groups in total. The molecule has 13 heavy (non-hydrogen) atoms. The van der Waals surface area contributed by atoms with Gasteiger partial charge >= 0.3 is 5.97 Å². The number of alkyl halides is 1. The molecule has 0 aromatic rings. The van der Waals surface area contributed by atoms with E-state index in [4.69, 9.17) is 9.84 Å². The number of hydrogen-bond acceptors (Lipinski definition) is 3. The SMILES string of the molecule is O=C(O)CC(F)CN1CCOCC1. The summed E-state index contributed by atoms with van der Waals surface area (Å²) in [6, 6.07) is 0. The molecule has 1 aliphatic heterocycles. The minimum absolute atomic E-state index is 0.204. The Balaban J connectivity index is 2.18. The van der Waals surface area contributed by atoms with E-state index in [0.717, 1.165) is 0 Å². The molecule has 1 unspecified atom stereocenters. The molecular weight excluding hydrogens is 177 g/mol. The maximum Gasteiger partial charge on any atom is 0.306 e. The predicted octanol–water partition coefficient (Wildman–Crippen LogP) is 0.131. The number of rotatable bonds is 4. The molecular formula is C8H14FNO3. The van der Waals surface area contributed by atoms with Crippen LogP contribution < -0.4 is 0 Å². The molecule has 1 aliphatic rings. The summed E-state index contributed by atoms with van der Waals surface area (Å²) in [4.78, 5) is 12.1. The van der Waals surface area contributed by atoms with Crippen molar-refractivity contribution in [3.8, 4) is 0 Å². The number of aliphatic carboxylic acids is 1. The van der Waals surface area contributed by atoms with E-state index in [1.165, 1.54) is 0 Å². The number of carboxylic acid groups (broad SMARTS) is 1. The van der Waals surface area contributed by atoms with Gasteiger partial charge in [0, 0.05) is 19.6 Å². The van der Waals surface area contributed by atoms with Crippen LogP contribution in [0, 0.1) is 0 Å². The molecule has 5 heteroatoms. The summed E-state index contributed by atoms with van der Waals surface area (Å²) in [7, 11) is 0. The standard InChI is InChI=1S/C8H14FNO3/c9-7(5-8(11)12)6-10-1-3-13-4-2-10/h7H,1-6H2,(H,11,12). The third kappa shape index (κ3) is 4.19. The lowest BCUT2D eigenvalue weighted by Gasteiger charge is -2.27. The van der Waals surface area contributed by atoms with E-state index >= 15 is 0 Å². The summed E-state index contributed by atoms with van der Waals surface area (Å²) in [5.74, 6) is -1.08. The quantitative estimate of drug-likeness (QED) is 0.686. The molecule has 1 rings (SSSR count). The zero-order valence-electron chi connectivity index (χ0n) is 7.41. The highest BCUT2D eigenvalue weighted by atomic mass is 19.1. The highest BCUT2D eigenvalue weighted by Crippen LogP contribution is 2.04. The Morgan fingerprint density at radius 2 is 2.15 bits per heavy atom. The van der Waals surface area contributed by atoms with Crippen molar-refractivity contribution >= 4 is 5.97 Å². The van der Waals surface area contributed by atoms with E-state index in [2.05, 4.69) is 0 Å². The molecule has 0 bridgehead atoms. The number of morpholine rings is 1. The average molecular weight is 191 g/mol. The van der Waals surface area contributed by atoms with Gasteiger partial charge in [0.15, 0.2) is 0 Å². The number of hydrogen-bond donors (Lipinski definition) is 1. The summed E-state index contributed by atoms with van der Waals surface area (Å²) < 4.78 is 18.1. The number of carboxylic acids is 1. The molecule has 4 nitrogen and oxygen atoms in total. The summed E-state index contributed by atoms with van der Waals surface area (Å²) in [6.45, 7) is 2.81. The van der Waals surface area contributed by atoms with E-state index in [1.807, 2.05) is 4.90 Å². The number of ether oxygens (including phenoxy) is 1. The zero-order valence-corrected chi connectivity index (χ0v) is 7.41. The Hall–Kier alpha value is -0.680. The van der Waals surface area contributed by atoms with Crippen LogP contribution in [0.1, 0.15) is 6.42 Å². The van der Waals surface area contributed by atoms with Crippen LogP contribution in [-0.2, 0) is 9.53 Å². The van der Waals surface area contributed by atoms with Crippen LogP contribution in [0.3, 0.4) is 0 Å². The Labute approximate surface area is 76.3 Å². The fraction of sp³-hybridized carbons (Fsp3) is 0.875. The second kappa shape index (κ2) is 5.14. The van der Waals surface area contributed by atoms with Gasteiger partial charge in [-0.05, 0) is 0 Å². The predicted molar refractivity (Wildman–Crippen MR) is 44.4 cm³/mol. The van der Waals surface area contributed by atoms with Gasteiger partial charge in [0.05, 0.1) is 19.6 Å². The molecule has 76 valence electrons. The zero-order chi connectivity index (χ0) is 9.68. The van der Waals surface area contributed by atoms with Crippen molar-refractivity contribution in [2.45, 2.75) is 12.6 Å². The van der Waals surface area contributed by atoms with Crippen molar-refractivity contribution in [2.24, 2.45) is 0 Å². The highest BCUT2D eigenvalue weighted by Gasteiger charge is 2.17. The van der Waals surface area contributed by atoms with E-state index in [1.54, 1.807) is 0 Å². The van der Waals surface area contributed by atoms with Crippen molar-refractivity contribution in [3.05, 3.63) is 0 Å². The van der Waals surface area contributed by atoms with Crippen molar-refractivity contribution in [1.29, 1.82) is 0 Å². The van der Waals surface area contributed by atoms with E-state index < -0.39 is 18.6 Å². The summed E-state index contributed by atoms with van der Waals surface area (Å²) >= 11 is 0. The van der Waals surface area contributed by atoms with Crippen LogP contribution >= 0.6 is 0 Å². The van der Waals surface area contributed by atoms with Crippen LogP contribution in [0.25, 0.3) is 0 Å². The first kappa shape index (κ1) is 10.4. The van der Waals surface area contributed by atoms with Gasteiger partial charge in [-0.2, -0.15) is 0 Å². The Morgan fingerprint density at radius 3 is 2.69 bits per heavy atom. The number of halogens is 1. The molecule has 0 aromatic heterocycles. The van der Waals surface area contributed by atoms with Crippen LogP contribution in [0.5, 0.6) is 0 Å². The molecule has 1 atom stereocenters. The maximum atomic E-state index is 13.0. The van der Waals surface area contributed by atoms with Gasteiger partial charge in [0.2, 0.25) is 0 Å². The molecule has 1 heterocycles. The third-order valence-corrected chi connectivity index (χ3v) is 1.96. The Morgan fingerprint density at radius 1 is 1.54 bits per heavy atom. The minimum Gasteiger partial charge on any atom is -0.481 e. The fourth-order valence-corrected chi connectivity index (χ4v) is 1.32. The van der Waals surface area contributed by atoms with Crippen LogP contribution in [0.15, 0.2) is 0 Å². The minimum atomic E-state index is -1.27. The van der Waals surface area contributed by atoms with Crippen molar-refractivity contribution in [1.82, 2.24) is 4.90 Å². The number of nitrogens with zero attached hydrogens (tertiary/aromatic N) is 1. The van der Waals surface area contributed by atoms with E-state index in [-0.39, 0.29) is 6.54 Å². The van der Waals surface area contributed by atoms with Crippen LogP contribution in [-0.4, -0.2) is 55.0 Å². The normalized spacial score (nSPS) is 21.3. The van der Waals surface area contributed by atoms with Gasteiger partial charge in [0.25, 0.3) is 0 Å². The van der Waals surface area contributed by atoms with Gasteiger partial charge < -0.3 is 9.84 Å². The fourth-order valence-electron chi connectivity index (χ4n) is 1.32. The van der Waals surface area contributed by atoms with Gasteiger partial charge in [-0.3, -0.25) is 9.69 Å². The van der Waals surface area contributed by atoms with Crippen LogP contribution in [0.4, 0.5) is 4.39 Å². The molecule has 1 saturated heterocycles. The molecule has 1 fully saturated rings. The summed E-state index contributed by atoms with van der Waals surface area (Å²) in [5.41, 5.74) is 0. The molecule has 0 saturated carbocycles. The second-order valence-electron chi connectivity index (χ2n) is 3.11. The van der Waals surface area contributed by atoms with Gasteiger partial charge in [-0.25, -0.2) is 4.39 Å². The van der Waals surface area contributed by atoms with Crippen LogP contribution in [0.2, 0.25) is 0 Å². The van der Waals surface area contributed by atoms with Crippen molar-refractivity contribution < 1.29 is 19.0 Å². The summed E-state index contributed by atoms with van der Waals surface area (Å²) in [6.07, 6.45) is -1.67. The first-order chi connectivity index (χ1) is 6.18. The average Bonchev–Trinajstić information content (AvgIpc) is 2.04. The highest BCUT2D eigenvalue weighted by molar-refractivity contribution is 5.67. The molecule has 0 aliphatic carbocycles. The molecule has 0 radical (unpaired) electrons. The second-order valence-corrected chi connectivity index (χ2v) is 3.11. The Bertz CT molecular complexity index is 171. The smallest absolute Gasteiger partial charge is 0.306 e. The van der Waals surface area contributed by atoms with Gasteiger partial charge in [0.1, 0.15) is 6.17 Å². The van der Waals surface area contributed by atoms with Crippen molar-refractivity contribution in [3.63, 3.8) is 0 Å². The summed E-state index contributed by atoms with van der Waals surface area (Å²) in [5, 5.41) is 8.33. The maximum absolute atomic E-state index is 13.0. The Kier molecular flexibility index (Phi) is 4.11. The lowest BCUT2D eigenvalue weighted by atomic mass is 10.2. The molecule has 0 aromatic carbocycles. The van der Waals surface area contributed by atoms with Gasteiger partial charge in [-0.1, -0.05) is 0 Å². The first-order valence-corrected chi connectivity index (χ1v) is 4.34. The first-order valence-electron chi connectivity index (χ1n) is 4.34. The topological polar surface area (TPSA) is 49.8 Å². The number of carbonyl (C=O) groups is 1. The van der Waals surface area contributed by atoms with Crippen molar-refractivity contribution in [2.75, 3.05) is 32.8 Å².